The average Bonchev–Trinajstić information content (AvgIpc) is 3.26. The van der Waals surface area contributed by atoms with Crippen LogP contribution in [-0.2, 0) is 19.4 Å². The molecule has 0 fully saturated rings. The van der Waals surface area contributed by atoms with Crippen LogP contribution in [0.5, 0.6) is 5.75 Å². The third-order valence-electron chi connectivity index (χ3n) is 4.95. The molecule has 0 amide bonds. The van der Waals surface area contributed by atoms with Crippen molar-refractivity contribution >= 4 is 16.7 Å². The van der Waals surface area contributed by atoms with Crippen molar-refractivity contribution in [2.45, 2.75) is 19.4 Å². The number of ether oxygens (including phenoxy) is 1. The first kappa shape index (κ1) is 20.1. The molecule has 0 N–H and O–H groups in total. The molecule has 3 aromatic carbocycles. The molecule has 0 aliphatic rings. The molecule has 0 atom stereocenters. The first-order valence-electron chi connectivity index (χ1n) is 10.1. The van der Waals surface area contributed by atoms with Crippen molar-refractivity contribution < 1.29 is 4.74 Å². The lowest BCUT2D eigenvalue weighted by Gasteiger charge is -2.21. The summed E-state index contributed by atoms with van der Waals surface area (Å²) < 4.78 is 9.96. The number of rotatable bonds is 9. The molecule has 0 unspecified atom stereocenters. The van der Waals surface area contributed by atoms with Crippen LogP contribution in [0.15, 0.2) is 84.9 Å². The Morgan fingerprint density at radius 1 is 0.833 bits per heavy atom. The first-order chi connectivity index (χ1) is 14.8. The van der Waals surface area contributed by atoms with E-state index in [4.69, 9.17) is 9.72 Å². The topological polar surface area (TPSA) is 38.2 Å². The van der Waals surface area contributed by atoms with Gasteiger partial charge >= 0.3 is 0 Å². The third kappa shape index (κ3) is 5.45. The van der Waals surface area contributed by atoms with Crippen LogP contribution in [0.2, 0.25) is 0 Å². The molecule has 30 heavy (non-hydrogen) atoms. The minimum Gasteiger partial charge on any atom is -0.497 e. The maximum atomic E-state index is 5.33. The highest BCUT2D eigenvalue weighted by Crippen LogP contribution is 2.23. The summed E-state index contributed by atoms with van der Waals surface area (Å²) in [6, 6.07) is 29.2. The second kappa shape index (κ2) is 10.0. The minimum atomic E-state index is 0.700. The van der Waals surface area contributed by atoms with Crippen molar-refractivity contribution in [3.8, 4) is 5.75 Å². The molecule has 1 heterocycles. The van der Waals surface area contributed by atoms with Gasteiger partial charge in [-0.1, -0.05) is 72.8 Å². The van der Waals surface area contributed by atoms with Gasteiger partial charge < -0.3 is 9.64 Å². The number of benzene rings is 3. The summed E-state index contributed by atoms with van der Waals surface area (Å²) >= 11 is 1.47. The van der Waals surface area contributed by atoms with Crippen LogP contribution >= 0.6 is 11.5 Å². The van der Waals surface area contributed by atoms with Gasteiger partial charge in [-0.2, -0.15) is 4.37 Å². The molecule has 1 aromatic heterocycles. The normalized spacial score (nSPS) is 10.7. The summed E-state index contributed by atoms with van der Waals surface area (Å²) in [6.07, 6.45) is 1.67. The van der Waals surface area contributed by atoms with E-state index >= 15 is 0 Å². The minimum absolute atomic E-state index is 0.700. The largest absolute Gasteiger partial charge is 0.497 e. The maximum absolute atomic E-state index is 5.33. The van der Waals surface area contributed by atoms with Crippen LogP contribution < -0.4 is 9.64 Å². The Labute approximate surface area is 182 Å². The first-order valence-corrected chi connectivity index (χ1v) is 10.9. The second-order valence-corrected chi connectivity index (χ2v) is 7.89. The molecule has 0 radical (unpaired) electrons. The van der Waals surface area contributed by atoms with E-state index in [1.54, 1.807) is 7.11 Å². The standard InChI is InChI=1S/C25H25N3OS/c1-29-23-14-8-13-22(17-23)18-24-26-25(30-27-24)28(19-21-11-6-3-7-12-21)16-15-20-9-4-2-5-10-20/h2-14,17H,15-16,18-19H2,1H3. The number of anilines is 1. The summed E-state index contributed by atoms with van der Waals surface area (Å²) in [4.78, 5) is 7.19. The lowest BCUT2D eigenvalue weighted by molar-refractivity contribution is 0.414. The van der Waals surface area contributed by atoms with Crippen molar-refractivity contribution in [2.24, 2.45) is 0 Å². The molecular formula is C25H25N3OS. The van der Waals surface area contributed by atoms with E-state index in [2.05, 4.69) is 76.0 Å². The van der Waals surface area contributed by atoms with E-state index in [-0.39, 0.29) is 0 Å². The number of aromatic nitrogens is 2. The van der Waals surface area contributed by atoms with Crippen LogP contribution in [0.4, 0.5) is 5.13 Å². The highest BCUT2D eigenvalue weighted by Gasteiger charge is 2.14. The third-order valence-corrected chi connectivity index (χ3v) is 5.77. The smallest absolute Gasteiger partial charge is 0.205 e. The Morgan fingerprint density at radius 2 is 1.53 bits per heavy atom. The monoisotopic (exact) mass is 415 g/mol. The SMILES string of the molecule is COc1cccc(Cc2nsc(N(CCc3ccccc3)Cc3ccccc3)n2)c1. The van der Waals surface area contributed by atoms with Crippen molar-refractivity contribution in [3.63, 3.8) is 0 Å². The zero-order chi connectivity index (χ0) is 20.6. The van der Waals surface area contributed by atoms with E-state index in [0.717, 1.165) is 41.8 Å². The highest BCUT2D eigenvalue weighted by molar-refractivity contribution is 7.09. The van der Waals surface area contributed by atoms with Crippen molar-refractivity contribution in [3.05, 3.63) is 107 Å². The van der Waals surface area contributed by atoms with Gasteiger partial charge in [-0.25, -0.2) is 4.98 Å². The van der Waals surface area contributed by atoms with Crippen LogP contribution in [0.3, 0.4) is 0 Å². The maximum Gasteiger partial charge on any atom is 0.205 e. The number of hydrogen-bond acceptors (Lipinski definition) is 5. The van der Waals surface area contributed by atoms with E-state index in [0.29, 0.717) is 6.42 Å². The summed E-state index contributed by atoms with van der Waals surface area (Å²) in [5.41, 5.74) is 3.75. The quantitative estimate of drug-likeness (QED) is 0.367. The number of nitrogens with zero attached hydrogens (tertiary/aromatic N) is 3. The molecular weight excluding hydrogens is 390 g/mol. The molecule has 0 aliphatic carbocycles. The summed E-state index contributed by atoms with van der Waals surface area (Å²) in [5, 5.41) is 0.965. The summed E-state index contributed by atoms with van der Waals surface area (Å²) in [6.45, 7) is 1.72. The molecule has 4 aromatic rings. The predicted molar refractivity (Wildman–Crippen MR) is 123 cm³/mol. The summed E-state index contributed by atoms with van der Waals surface area (Å²) in [7, 11) is 1.69. The van der Waals surface area contributed by atoms with Crippen LogP contribution in [0.1, 0.15) is 22.5 Å². The Balaban J connectivity index is 1.50. The predicted octanol–water partition coefficient (Wildman–Crippen LogP) is 5.39. The fraction of sp³-hybridized carbons (Fsp3) is 0.200. The van der Waals surface area contributed by atoms with Gasteiger partial charge in [0.2, 0.25) is 5.13 Å². The zero-order valence-corrected chi connectivity index (χ0v) is 17.9. The zero-order valence-electron chi connectivity index (χ0n) is 17.1. The Kier molecular flexibility index (Phi) is 6.72. The summed E-state index contributed by atoms with van der Waals surface area (Å²) in [5.74, 6) is 1.71. The van der Waals surface area contributed by atoms with Gasteiger partial charge in [0.25, 0.3) is 0 Å². The van der Waals surface area contributed by atoms with Crippen LogP contribution in [0, 0.1) is 0 Å². The second-order valence-electron chi connectivity index (χ2n) is 7.16. The van der Waals surface area contributed by atoms with Gasteiger partial charge in [0.05, 0.1) is 7.11 Å². The van der Waals surface area contributed by atoms with Crippen molar-refractivity contribution in [2.75, 3.05) is 18.6 Å². The van der Waals surface area contributed by atoms with Gasteiger partial charge in [0.15, 0.2) is 0 Å². The fourth-order valence-corrected chi connectivity index (χ4v) is 4.07. The van der Waals surface area contributed by atoms with E-state index in [1.807, 2.05) is 18.2 Å². The lowest BCUT2D eigenvalue weighted by Crippen LogP contribution is -2.25. The molecule has 0 saturated carbocycles. The molecule has 4 nitrogen and oxygen atoms in total. The highest BCUT2D eigenvalue weighted by atomic mass is 32.1. The number of hydrogen-bond donors (Lipinski definition) is 0. The molecule has 0 spiro atoms. The Hall–Kier alpha value is -3.18. The van der Waals surface area contributed by atoms with Crippen molar-refractivity contribution in [1.82, 2.24) is 9.36 Å². The van der Waals surface area contributed by atoms with Crippen molar-refractivity contribution in [1.29, 1.82) is 0 Å². The van der Waals surface area contributed by atoms with Gasteiger partial charge in [-0.3, -0.25) is 0 Å². The molecule has 0 bridgehead atoms. The van der Waals surface area contributed by atoms with E-state index < -0.39 is 0 Å². The Morgan fingerprint density at radius 3 is 2.27 bits per heavy atom. The molecule has 5 heteroatoms. The molecule has 0 saturated heterocycles. The van der Waals surface area contributed by atoms with Gasteiger partial charge in [-0.15, -0.1) is 0 Å². The fourth-order valence-electron chi connectivity index (χ4n) is 3.36. The molecule has 4 rings (SSSR count). The molecule has 152 valence electrons. The average molecular weight is 416 g/mol. The van der Waals surface area contributed by atoms with Gasteiger partial charge in [-0.05, 0) is 35.2 Å². The van der Waals surface area contributed by atoms with Crippen LogP contribution in [0.25, 0.3) is 0 Å². The Bertz CT molecular complexity index is 1050. The number of methoxy groups -OCH3 is 1. The van der Waals surface area contributed by atoms with E-state index in [1.165, 1.54) is 22.7 Å². The molecule has 0 aliphatic heterocycles. The van der Waals surface area contributed by atoms with E-state index in [9.17, 15) is 0 Å². The van der Waals surface area contributed by atoms with Gasteiger partial charge in [0, 0.05) is 31.0 Å². The lowest BCUT2D eigenvalue weighted by atomic mass is 10.1. The van der Waals surface area contributed by atoms with Gasteiger partial charge in [0.1, 0.15) is 11.6 Å². The van der Waals surface area contributed by atoms with Crippen LogP contribution in [-0.4, -0.2) is 23.0 Å².